The van der Waals surface area contributed by atoms with E-state index in [-0.39, 0.29) is 11.9 Å². The lowest BCUT2D eigenvalue weighted by atomic mass is 10.1. The second kappa shape index (κ2) is 5.31. The molecule has 94 valence electrons. The van der Waals surface area contributed by atoms with Crippen molar-refractivity contribution in [2.75, 3.05) is 13.1 Å². The summed E-state index contributed by atoms with van der Waals surface area (Å²) in [7, 11) is 0. The monoisotopic (exact) mass is 236 g/mol. The van der Waals surface area contributed by atoms with E-state index in [1.54, 1.807) is 6.07 Å². The van der Waals surface area contributed by atoms with E-state index in [4.69, 9.17) is 0 Å². The number of amides is 1. The molecule has 1 aliphatic heterocycles. The van der Waals surface area contributed by atoms with Crippen molar-refractivity contribution in [3.8, 4) is 0 Å². The van der Waals surface area contributed by atoms with E-state index in [9.17, 15) is 4.79 Å². The van der Waals surface area contributed by atoms with Gasteiger partial charge in [-0.1, -0.05) is 0 Å². The van der Waals surface area contributed by atoms with Crippen molar-refractivity contribution in [1.29, 1.82) is 0 Å². The van der Waals surface area contributed by atoms with Crippen LogP contribution in [0.1, 0.15) is 43.2 Å². The number of carbonyl (C=O) groups excluding carboxylic acids is 1. The molecule has 1 fully saturated rings. The minimum atomic E-state index is -0.0949. The number of piperidine rings is 1. The van der Waals surface area contributed by atoms with Gasteiger partial charge in [0.05, 0.1) is 6.04 Å². The first kappa shape index (κ1) is 12.1. The molecule has 1 aromatic rings. The SMILES string of the molecule is CC(C)NC(=O)c1ccn(C2CCCNC2)n1. The Kier molecular flexibility index (Phi) is 3.78. The maximum Gasteiger partial charge on any atom is 0.271 e. The predicted octanol–water partition coefficient (Wildman–Crippen LogP) is 0.946. The molecule has 2 N–H and O–H groups in total. The van der Waals surface area contributed by atoms with Crippen molar-refractivity contribution in [2.45, 2.75) is 38.8 Å². The molecule has 1 amide bonds. The van der Waals surface area contributed by atoms with Crippen molar-refractivity contribution in [3.05, 3.63) is 18.0 Å². The van der Waals surface area contributed by atoms with Gasteiger partial charge in [-0.25, -0.2) is 0 Å². The van der Waals surface area contributed by atoms with Crippen molar-refractivity contribution < 1.29 is 4.79 Å². The largest absolute Gasteiger partial charge is 0.348 e. The van der Waals surface area contributed by atoms with Crippen molar-refractivity contribution in [2.24, 2.45) is 0 Å². The summed E-state index contributed by atoms with van der Waals surface area (Å²) < 4.78 is 1.90. The third kappa shape index (κ3) is 3.06. The van der Waals surface area contributed by atoms with Gasteiger partial charge in [-0.05, 0) is 39.3 Å². The lowest BCUT2D eigenvalue weighted by molar-refractivity contribution is 0.0936. The second-order valence-electron chi connectivity index (χ2n) is 4.81. The Balaban J connectivity index is 2.02. The van der Waals surface area contributed by atoms with Gasteiger partial charge in [0, 0.05) is 18.8 Å². The normalized spacial score (nSPS) is 20.5. The Morgan fingerprint density at radius 2 is 2.47 bits per heavy atom. The maximum absolute atomic E-state index is 11.7. The maximum atomic E-state index is 11.7. The molecular weight excluding hydrogens is 216 g/mol. The van der Waals surface area contributed by atoms with E-state index in [0.717, 1.165) is 25.9 Å². The van der Waals surface area contributed by atoms with Crippen LogP contribution in [0.4, 0.5) is 0 Å². The van der Waals surface area contributed by atoms with Gasteiger partial charge in [0.1, 0.15) is 5.69 Å². The summed E-state index contributed by atoms with van der Waals surface area (Å²) in [6, 6.07) is 2.31. The Morgan fingerprint density at radius 1 is 1.65 bits per heavy atom. The minimum absolute atomic E-state index is 0.0949. The van der Waals surface area contributed by atoms with Crippen molar-refractivity contribution >= 4 is 5.91 Å². The molecule has 0 bridgehead atoms. The van der Waals surface area contributed by atoms with E-state index >= 15 is 0 Å². The molecule has 0 aliphatic carbocycles. The molecule has 1 aliphatic rings. The van der Waals surface area contributed by atoms with Crippen LogP contribution in [-0.2, 0) is 0 Å². The second-order valence-corrected chi connectivity index (χ2v) is 4.81. The molecule has 0 saturated carbocycles. The van der Waals surface area contributed by atoms with Crippen molar-refractivity contribution in [1.82, 2.24) is 20.4 Å². The molecule has 0 spiro atoms. The number of nitrogens with zero attached hydrogens (tertiary/aromatic N) is 2. The number of rotatable bonds is 3. The van der Waals surface area contributed by atoms with Crippen LogP contribution in [0.25, 0.3) is 0 Å². The highest BCUT2D eigenvalue weighted by Crippen LogP contribution is 2.15. The summed E-state index contributed by atoms with van der Waals surface area (Å²) in [6.07, 6.45) is 4.19. The van der Waals surface area contributed by atoms with Crippen LogP contribution in [0.15, 0.2) is 12.3 Å². The van der Waals surface area contributed by atoms with Gasteiger partial charge in [-0.2, -0.15) is 5.10 Å². The van der Waals surface area contributed by atoms with Gasteiger partial charge >= 0.3 is 0 Å². The minimum Gasteiger partial charge on any atom is -0.348 e. The lowest BCUT2D eigenvalue weighted by Gasteiger charge is -2.22. The smallest absolute Gasteiger partial charge is 0.271 e. The summed E-state index contributed by atoms with van der Waals surface area (Å²) in [5.74, 6) is -0.0949. The molecule has 1 unspecified atom stereocenters. The molecule has 17 heavy (non-hydrogen) atoms. The van der Waals surface area contributed by atoms with E-state index < -0.39 is 0 Å². The number of hydrogen-bond acceptors (Lipinski definition) is 3. The highest BCUT2D eigenvalue weighted by Gasteiger charge is 2.17. The first-order valence-corrected chi connectivity index (χ1v) is 6.23. The van der Waals surface area contributed by atoms with Crippen LogP contribution < -0.4 is 10.6 Å². The van der Waals surface area contributed by atoms with Gasteiger partial charge in [0.15, 0.2) is 0 Å². The summed E-state index contributed by atoms with van der Waals surface area (Å²) in [4.78, 5) is 11.7. The Morgan fingerprint density at radius 3 is 3.12 bits per heavy atom. The molecule has 2 rings (SSSR count). The van der Waals surface area contributed by atoms with Crippen LogP contribution in [0.5, 0.6) is 0 Å². The van der Waals surface area contributed by atoms with Crippen LogP contribution in [0.3, 0.4) is 0 Å². The summed E-state index contributed by atoms with van der Waals surface area (Å²) in [6.45, 7) is 5.91. The van der Waals surface area contributed by atoms with Gasteiger partial charge in [0.25, 0.3) is 5.91 Å². The van der Waals surface area contributed by atoms with E-state index in [2.05, 4.69) is 15.7 Å². The molecule has 1 atom stereocenters. The topological polar surface area (TPSA) is 59.0 Å². The Hall–Kier alpha value is -1.36. The fourth-order valence-corrected chi connectivity index (χ4v) is 2.06. The predicted molar refractivity (Wildman–Crippen MR) is 66.0 cm³/mol. The lowest BCUT2D eigenvalue weighted by Crippen LogP contribution is -2.33. The first-order chi connectivity index (χ1) is 8.16. The molecule has 1 aromatic heterocycles. The fourth-order valence-electron chi connectivity index (χ4n) is 2.06. The van der Waals surface area contributed by atoms with Gasteiger partial charge in [-0.15, -0.1) is 0 Å². The zero-order valence-electron chi connectivity index (χ0n) is 10.4. The zero-order valence-corrected chi connectivity index (χ0v) is 10.4. The average Bonchev–Trinajstić information content (AvgIpc) is 2.78. The average molecular weight is 236 g/mol. The molecule has 1 saturated heterocycles. The molecule has 5 nitrogen and oxygen atoms in total. The van der Waals surface area contributed by atoms with Gasteiger partial charge in [0.2, 0.25) is 0 Å². The summed E-state index contributed by atoms with van der Waals surface area (Å²) in [5.41, 5.74) is 0.504. The molecule has 5 heteroatoms. The number of nitrogens with one attached hydrogen (secondary N) is 2. The summed E-state index contributed by atoms with van der Waals surface area (Å²) >= 11 is 0. The Bertz CT molecular complexity index is 380. The van der Waals surface area contributed by atoms with Crippen molar-refractivity contribution in [3.63, 3.8) is 0 Å². The molecule has 2 heterocycles. The van der Waals surface area contributed by atoms with Crippen LogP contribution in [0, 0.1) is 0 Å². The first-order valence-electron chi connectivity index (χ1n) is 6.23. The Labute approximate surface area is 102 Å². The number of aromatic nitrogens is 2. The molecular formula is C12H20N4O. The van der Waals surface area contributed by atoms with E-state index in [1.165, 1.54) is 0 Å². The third-order valence-electron chi connectivity index (χ3n) is 2.91. The molecule has 0 aromatic carbocycles. The van der Waals surface area contributed by atoms with Crippen LogP contribution in [0.2, 0.25) is 0 Å². The highest BCUT2D eigenvalue weighted by atomic mass is 16.2. The van der Waals surface area contributed by atoms with Gasteiger partial charge < -0.3 is 10.6 Å². The van der Waals surface area contributed by atoms with E-state index in [0.29, 0.717) is 11.7 Å². The molecule has 0 radical (unpaired) electrons. The van der Waals surface area contributed by atoms with Crippen LogP contribution >= 0.6 is 0 Å². The van der Waals surface area contributed by atoms with Gasteiger partial charge in [-0.3, -0.25) is 9.48 Å². The zero-order chi connectivity index (χ0) is 12.3. The quantitative estimate of drug-likeness (QED) is 0.821. The highest BCUT2D eigenvalue weighted by molar-refractivity contribution is 5.92. The number of carbonyl (C=O) groups is 1. The standard InChI is InChI=1S/C12H20N4O/c1-9(2)14-12(17)11-5-7-16(15-11)10-4-3-6-13-8-10/h5,7,9-10,13H,3-4,6,8H2,1-2H3,(H,14,17). The third-order valence-corrected chi connectivity index (χ3v) is 2.91. The van der Waals surface area contributed by atoms with E-state index in [1.807, 2.05) is 24.7 Å². The fraction of sp³-hybridized carbons (Fsp3) is 0.667. The number of hydrogen-bond donors (Lipinski definition) is 2. The van der Waals surface area contributed by atoms with Crippen LogP contribution in [-0.4, -0.2) is 34.8 Å². The summed E-state index contributed by atoms with van der Waals surface area (Å²) in [5, 5.41) is 10.5.